The average molecular weight is 274 g/mol. The second-order valence-corrected chi connectivity index (χ2v) is 4.81. The van der Waals surface area contributed by atoms with Gasteiger partial charge in [0.2, 0.25) is 0 Å². The lowest BCUT2D eigenvalue weighted by Crippen LogP contribution is -2.11. The Morgan fingerprint density at radius 2 is 2.10 bits per heavy atom. The van der Waals surface area contributed by atoms with E-state index >= 15 is 0 Å². The second-order valence-electron chi connectivity index (χ2n) is 4.81. The third-order valence-electron chi connectivity index (χ3n) is 3.21. The Balaban J connectivity index is 1.69. The fourth-order valence-electron chi connectivity index (χ4n) is 2.07. The molecule has 20 heavy (non-hydrogen) atoms. The molecule has 0 unspecified atom stereocenters. The molecule has 0 fully saturated rings. The van der Waals surface area contributed by atoms with Gasteiger partial charge in [-0.1, -0.05) is 23.4 Å². The van der Waals surface area contributed by atoms with Crippen molar-refractivity contribution in [3.8, 4) is 5.75 Å². The highest BCUT2D eigenvalue weighted by Gasteiger charge is 2.03. The van der Waals surface area contributed by atoms with Gasteiger partial charge in [0, 0.05) is 13.0 Å². The summed E-state index contributed by atoms with van der Waals surface area (Å²) in [5.74, 6) is 0.970. The summed E-state index contributed by atoms with van der Waals surface area (Å²) in [7, 11) is 0. The van der Waals surface area contributed by atoms with Crippen molar-refractivity contribution < 1.29 is 4.74 Å². The molecule has 2 rings (SSSR count). The standard InChI is InChI=1S/C15H22N4O/c1-13-6-2-3-7-15(13)20-11-5-4-10-19-14(8-9-16)12-17-18-19/h2-3,6-7,12H,4-5,8-11,16H2,1H3. The largest absolute Gasteiger partial charge is 0.493 e. The lowest BCUT2D eigenvalue weighted by Gasteiger charge is -2.09. The van der Waals surface area contributed by atoms with Crippen LogP contribution in [0.4, 0.5) is 0 Å². The van der Waals surface area contributed by atoms with Gasteiger partial charge in [-0.15, -0.1) is 5.10 Å². The summed E-state index contributed by atoms with van der Waals surface area (Å²) in [6.07, 6.45) is 4.63. The molecule has 0 aliphatic carbocycles. The maximum absolute atomic E-state index is 5.77. The molecule has 108 valence electrons. The first-order valence-corrected chi connectivity index (χ1v) is 7.07. The number of ether oxygens (including phenoxy) is 1. The van der Waals surface area contributed by atoms with Crippen molar-refractivity contribution in [2.75, 3.05) is 13.2 Å². The van der Waals surface area contributed by atoms with Crippen LogP contribution >= 0.6 is 0 Å². The molecule has 0 amide bonds. The van der Waals surface area contributed by atoms with Crippen molar-refractivity contribution in [2.24, 2.45) is 5.73 Å². The van der Waals surface area contributed by atoms with Crippen molar-refractivity contribution in [1.82, 2.24) is 15.0 Å². The van der Waals surface area contributed by atoms with Gasteiger partial charge in [0.1, 0.15) is 5.75 Å². The van der Waals surface area contributed by atoms with Crippen LogP contribution in [0.2, 0.25) is 0 Å². The topological polar surface area (TPSA) is 66.0 Å². The van der Waals surface area contributed by atoms with E-state index in [-0.39, 0.29) is 0 Å². The van der Waals surface area contributed by atoms with Crippen LogP contribution in [0.1, 0.15) is 24.1 Å². The first-order chi connectivity index (χ1) is 9.81. The Bertz CT molecular complexity index is 524. The van der Waals surface area contributed by atoms with Crippen molar-refractivity contribution >= 4 is 0 Å². The predicted molar refractivity (Wildman–Crippen MR) is 78.7 cm³/mol. The van der Waals surface area contributed by atoms with Crippen molar-refractivity contribution in [3.63, 3.8) is 0 Å². The van der Waals surface area contributed by atoms with Gasteiger partial charge in [-0.3, -0.25) is 0 Å². The monoisotopic (exact) mass is 274 g/mol. The van der Waals surface area contributed by atoms with Crippen molar-refractivity contribution in [1.29, 1.82) is 0 Å². The minimum Gasteiger partial charge on any atom is -0.493 e. The number of aryl methyl sites for hydroxylation is 2. The third kappa shape index (κ3) is 4.06. The zero-order chi connectivity index (χ0) is 14.2. The Hall–Kier alpha value is -1.88. The van der Waals surface area contributed by atoms with Crippen LogP contribution in [0.25, 0.3) is 0 Å². The van der Waals surface area contributed by atoms with Gasteiger partial charge in [-0.05, 0) is 37.9 Å². The van der Waals surface area contributed by atoms with E-state index < -0.39 is 0 Å². The van der Waals surface area contributed by atoms with E-state index in [4.69, 9.17) is 10.5 Å². The number of hydrogen-bond acceptors (Lipinski definition) is 4. The second kappa shape index (κ2) is 7.65. The summed E-state index contributed by atoms with van der Waals surface area (Å²) in [6, 6.07) is 8.08. The molecule has 1 heterocycles. The normalized spacial score (nSPS) is 10.7. The van der Waals surface area contributed by atoms with Gasteiger partial charge in [-0.25, -0.2) is 4.68 Å². The summed E-state index contributed by atoms with van der Waals surface area (Å²) in [5.41, 5.74) is 7.83. The summed E-state index contributed by atoms with van der Waals surface area (Å²) in [4.78, 5) is 0. The molecular weight excluding hydrogens is 252 g/mol. The molecular formula is C15H22N4O. The van der Waals surface area contributed by atoms with Gasteiger partial charge >= 0.3 is 0 Å². The van der Waals surface area contributed by atoms with E-state index in [1.165, 1.54) is 5.56 Å². The van der Waals surface area contributed by atoms with Crippen molar-refractivity contribution in [3.05, 3.63) is 41.7 Å². The molecule has 0 aliphatic heterocycles. The number of hydrogen-bond donors (Lipinski definition) is 1. The lowest BCUT2D eigenvalue weighted by molar-refractivity contribution is 0.299. The summed E-state index contributed by atoms with van der Waals surface area (Å²) >= 11 is 0. The van der Waals surface area contributed by atoms with E-state index in [9.17, 15) is 0 Å². The van der Waals surface area contributed by atoms with Crippen LogP contribution in [-0.2, 0) is 13.0 Å². The Kier molecular flexibility index (Phi) is 5.55. The maximum Gasteiger partial charge on any atom is 0.122 e. The SMILES string of the molecule is Cc1ccccc1OCCCCn1nncc1CCN. The minimum absolute atomic E-state index is 0.629. The smallest absolute Gasteiger partial charge is 0.122 e. The molecule has 2 N–H and O–H groups in total. The molecule has 0 saturated heterocycles. The zero-order valence-corrected chi connectivity index (χ0v) is 12.0. The van der Waals surface area contributed by atoms with Crippen LogP contribution in [0.3, 0.4) is 0 Å². The van der Waals surface area contributed by atoms with Gasteiger partial charge in [0.05, 0.1) is 18.5 Å². The first-order valence-electron chi connectivity index (χ1n) is 7.07. The highest BCUT2D eigenvalue weighted by Crippen LogP contribution is 2.16. The number of unbranched alkanes of at least 4 members (excludes halogenated alkanes) is 1. The maximum atomic E-state index is 5.77. The number of nitrogens with zero attached hydrogens (tertiary/aromatic N) is 3. The van der Waals surface area contributed by atoms with Crippen LogP contribution in [-0.4, -0.2) is 28.1 Å². The molecule has 1 aromatic heterocycles. The van der Waals surface area contributed by atoms with E-state index in [1.807, 2.05) is 22.9 Å². The highest BCUT2D eigenvalue weighted by atomic mass is 16.5. The van der Waals surface area contributed by atoms with Gasteiger partial charge in [-0.2, -0.15) is 0 Å². The molecule has 0 aliphatic rings. The minimum atomic E-state index is 0.629. The zero-order valence-electron chi connectivity index (χ0n) is 12.0. The lowest BCUT2D eigenvalue weighted by atomic mass is 10.2. The molecule has 5 nitrogen and oxygen atoms in total. The Labute approximate surface area is 119 Å². The number of nitrogens with two attached hydrogens (primary N) is 1. The van der Waals surface area contributed by atoms with E-state index in [0.29, 0.717) is 6.54 Å². The molecule has 2 aromatic rings. The van der Waals surface area contributed by atoms with Crippen LogP contribution in [0.5, 0.6) is 5.75 Å². The summed E-state index contributed by atoms with van der Waals surface area (Å²) < 4.78 is 7.70. The van der Waals surface area contributed by atoms with Crippen molar-refractivity contribution in [2.45, 2.75) is 32.7 Å². The van der Waals surface area contributed by atoms with Crippen LogP contribution in [0.15, 0.2) is 30.5 Å². The van der Waals surface area contributed by atoms with E-state index in [0.717, 1.165) is 43.9 Å². The fraction of sp³-hybridized carbons (Fsp3) is 0.467. The molecule has 1 aromatic carbocycles. The fourth-order valence-corrected chi connectivity index (χ4v) is 2.07. The molecule has 0 atom stereocenters. The number of para-hydroxylation sites is 1. The van der Waals surface area contributed by atoms with Gasteiger partial charge < -0.3 is 10.5 Å². The predicted octanol–water partition coefficient (Wildman–Crippen LogP) is 1.95. The summed E-state index contributed by atoms with van der Waals surface area (Å²) in [6.45, 7) is 4.28. The first kappa shape index (κ1) is 14.5. The Morgan fingerprint density at radius 1 is 1.25 bits per heavy atom. The summed E-state index contributed by atoms with van der Waals surface area (Å²) in [5, 5.41) is 8.00. The van der Waals surface area contributed by atoms with Crippen LogP contribution < -0.4 is 10.5 Å². The Morgan fingerprint density at radius 3 is 2.90 bits per heavy atom. The third-order valence-corrected chi connectivity index (χ3v) is 3.21. The van der Waals surface area contributed by atoms with Gasteiger partial charge in [0.15, 0.2) is 0 Å². The molecule has 5 heteroatoms. The number of aromatic nitrogens is 3. The molecule has 0 spiro atoms. The number of benzene rings is 1. The average Bonchev–Trinajstić information content (AvgIpc) is 2.88. The van der Waals surface area contributed by atoms with E-state index in [1.54, 1.807) is 6.20 Å². The molecule has 0 saturated carbocycles. The molecule has 0 radical (unpaired) electrons. The quantitative estimate of drug-likeness (QED) is 0.747. The highest BCUT2D eigenvalue weighted by molar-refractivity contribution is 5.31. The van der Waals surface area contributed by atoms with E-state index in [2.05, 4.69) is 23.3 Å². The molecule has 0 bridgehead atoms. The van der Waals surface area contributed by atoms with Gasteiger partial charge in [0.25, 0.3) is 0 Å². The number of rotatable bonds is 8. The van der Waals surface area contributed by atoms with Crippen LogP contribution in [0, 0.1) is 6.92 Å².